The molecule has 5 heteroatoms. The van der Waals surface area contributed by atoms with Gasteiger partial charge in [-0.1, -0.05) is 33.1 Å². The molecule has 0 saturated heterocycles. The molecule has 0 spiro atoms. The Labute approximate surface area is 127 Å². The van der Waals surface area contributed by atoms with Gasteiger partial charge in [0.25, 0.3) is 0 Å². The minimum absolute atomic E-state index is 0.270. The maximum Gasteiger partial charge on any atom is 0.135 e. The number of aromatic nitrogens is 2. The van der Waals surface area contributed by atoms with Crippen LogP contribution in [-0.2, 0) is 4.74 Å². The molecule has 1 aliphatic rings. The Morgan fingerprint density at radius 2 is 1.95 bits per heavy atom. The highest BCUT2D eigenvalue weighted by atomic mass is 16.5. The van der Waals surface area contributed by atoms with Crippen LogP contribution in [0.25, 0.3) is 0 Å². The predicted octanol–water partition coefficient (Wildman–Crippen LogP) is 3.25. The Balaban J connectivity index is 1.84. The molecule has 1 aromatic rings. The van der Waals surface area contributed by atoms with Crippen molar-refractivity contribution in [1.82, 2.24) is 9.97 Å². The maximum absolute atomic E-state index is 5.96. The highest BCUT2D eigenvalue weighted by Gasteiger charge is 2.14. The first kappa shape index (κ1) is 16.0. The van der Waals surface area contributed by atoms with Gasteiger partial charge in [0.05, 0.1) is 12.7 Å². The SMILES string of the molecule is Cc1c(N)nc(C(C)C)nc1NCCOC1CCCCC1. The third-order valence-corrected chi connectivity index (χ3v) is 4.02. The largest absolute Gasteiger partial charge is 0.383 e. The number of hydrogen-bond donors (Lipinski definition) is 2. The van der Waals surface area contributed by atoms with Crippen molar-refractivity contribution in [2.24, 2.45) is 0 Å². The molecule has 0 atom stereocenters. The molecule has 0 aromatic carbocycles. The van der Waals surface area contributed by atoms with E-state index in [1.54, 1.807) is 0 Å². The first-order valence-corrected chi connectivity index (χ1v) is 8.07. The lowest BCUT2D eigenvalue weighted by atomic mass is 9.98. The van der Waals surface area contributed by atoms with Gasteiger partial charge in [-0.3, -0.25) is 0 Å². The van der Waals surface area contributed by atoms with Crippen LogP contribution in [0, 0.1) is 6.92 Å². The van der Waals surface area contributed by atoms with Gasteiger partial charge in [-0.25, -0.2) is 9.97 Å². The third-order valence-electron chi connectivity index (χ3n) is 4.02. The van der Waals surface area contributed by atoms with E-state index in [1.807, 2.05) is 6.92 Å². The summed E-state index contributed by atoms with van der Waals surface area (Å²) in [6, 6.07) is 0. The summed E-state index contributed by atoms with van der Waals surface area (Å²) < 4.78 is 5.92. The van der Waals surface area contributed by atoms with Crippen LogP contribution in [0.4, 0.5) is 11.6 Å². The van der Waals surface area contributed by atoms with Gasteiger partial charge in [0.2, 0.25) is 0 Å². The molecular formula is C16H28N4O. The van der Waals surface area contributed by atoms with E-state index in [0.29, 0.717) is 18.5 Å². The smallest absolute Gasteiger partial charge is 0.135 e. The average Bonchev–Trinajstić information content (AvgIpc) is 2.48. The Morgan fingerprint density at radius 1 is 1.24 bits per heavy atom. The van der Waals surface area contributed by atoms with Crippen molar-refractivity contribution in [2.75, 3.05) is 24.2 Å². The topological polar surface area (TPSA) is 73.1 Å². The van der Waals surface area contributed by atoms with Crippen LogP contribution in [0.2, 0.25) is 0 Å². The lowest BCUT2D eigenvalue weighted by Crippen LogP contribution is -2.21. The van der Waals surface area contributed by atoms with Crippen molar-refractivity contribution in [2.45, 2.75) is 64.9 Å². The quantitative estimate of drug-likeness (QED) is 0.787. The number of hydrogen-bond acceptors (Lipinski definition) is 5. The van der Waals surface area contributed by atoms with Crippen LogP contribution in [0.5, 0.6) is 0 Å². The first-order chi connectivity index (χ1) is 10.1. The van der Waals surface area contributed by atoms with Crippen molar-refractivity contribution in [3.8, 4) is 0 Å². The molecule has 21 heavy (non-hydrogen) atoms. The summed E-state index contributed by atoms with van der Waals surface area (Å²) in [5.74, 6) is 2.45. The molecule has 1 saturated carbocycles. The molecule has 0 amide bonds. The summed E-state index contributed by atoms with van der Waals surface area (Å²) in [6.45, 7) is 7.56. The number of anilines is 2. The van der Waals surface area contributed by atoms with Gasteiger partial charge in [0.15, 0.2) is 0 Å². The summed E-state index contributed by atoms with van der Waals surface area (Å²) in [5.41, 5.74) is 6.87. The molecule has 3 N–H and O–H groups in total. The molecule has 1 fully saturated rings. The molecule has 1 aromatic heterocycles. The molecular weight excluding hydrogens is 264 g/mol. The number of nitrogens with zero attached hydrogens (tertiary/aromatic N) is 2. The second-order valence-electron chi connectivity index (χ2n) is 6.15. The zero-order valence-electron chi connectivity index (χ0n) is 13.5. The second-order valence-corrected chi connectivity index (χ2v) is 6.15. The maximum atomic E-state index is 5.96. The fourth-order valence-corrected chi connectivity index (χ4v) is 2.61. The van der Waals surface area contributed by atoms with Crippen molar-refractivity contribution < 1.29 is 4.74 Å². The van der Waals surface area contributed by atoms with E-state index in [9.17, 15) is 0 Å². The molecule has 0 bridgehead atoms. The Kier molecular flexibility index (Phi) is 5.79. The van der Waals surface area contributed by atoms with E-state index in [1.165, 1.54) is 32.1 Å². The number of nitrogens with one attached hydrogen (secondary N) is 1. The van der Waals surface area contributed by atoms with Crippen molar-refractivity contribution in [1.29, 1.82) is 0 Å². The van der Waals surface area contributed by atoms with E-state index < -0.39 is 0 Å². The molecule has 5 nitrogen and oxygen atoms in total. The van der Waals surface area contributed by atoms with E-state index in [-0.39, 0.29) is 5.92 Å². The molecule has 0 unspecified atom stereocenters. The fourth-order valence-electron chi connectivity index (χ4n) is 2.61. The van der Waals surface area contributed by atoms with Crippen LogP contribution in [0.1, 0.15) is 63.3 Å². The minimum atomic E-state index is 0.270. The third kappa shape index (κ3) is 4.56. The zero-order chi connectivity index (χ0) is 15.2. The van der Waals surface area contributed by atoms with Crippen molar-refractivity contribution >= 4 is 11.6 Å². The van der Waals surface area contributed by atoms with Crippen LogP contribution in [-0.4, -0.2) is 29.2 Å². The van der Waals surface area contributed by atoms with Crippen LogP contribution in [0.15, 0.2) is 0 Å². The van der Waals surface area contributed by atoms with Gasteiger partial charge in [-0.05, 0) is 19.8 Å². The predicted molar refractivity (Wildman–Crippen MR) is 86.6 cm³/mol. The van der Waals surface area contributed by atoms with E-state index in [2.05, 4.69) is 29.1 Å². The normalized spacial score (nSPS) is 16.4. The number of nitrogen functional groups attached to an aromatic ring is 1. The van der Waals surface area contributed by atoms with Crippen LogP contribution >= 0.6 is 0 Å². The fraction of sp³-hybridized carbons (Fsp3) is 0.750. The highest BCUT2D eigenvalue weighted by molar-refractivity contribution is 5.54. The molecule has 2 rings (SSSR count). The summed E-state index contributed by atoms with van der Waals surface area (Å²) >= 11 is 0. The van der Waals surface area contributed by atoms with Gasteiger partial charge < -0.3 is 15.8 Å². The lowest BCUT2D eigenvalue weighted by molar-refractivity contribution is 0.0347. The summed E-state index contributed by atoms with van der Waals surface area (Å²) in [6.07, 6.45) is 6.82. The van der Waals surface area contributed by atoms with Crippen LogP contribution < -0.4 is 11.1 Å². The Morgan fingerprint density at radius 3 is 2.62 bits per heavy atom. The second kappa shape index (κ2) is 7.59. The zero-order valence-corrected chi connectivity index (χ0v) is 13.5. The first-order valence-electron chi connectivity index (χ1n) is 8.07. The van der Waals surface area contributed by atoms with Gasteiger partial charge in [0.1, 0.15) is 17.5 Å². The van der Waals surface area contributed by atoms with E-state index in [4.69, 9.17) is 10.5 Å². The average molecular weight is 292 g/mol. The molecule has 0 radical (unpaired) electrons. The van der Waals surface area contributed by atoms with Gasteiger partial charge in [-0.15, -0.1) is 0 Å². The number of rotatable bonds is 6. The van der Waals surface area contributed by atoms with Crippen molar-refractivity contribution in [3.63, 3.8) is 0 Å². The van der Waals surface area contributed by atoms with Gasteiger partial charge >= 0.3 is 0 Å². The summed E-state index contributed by atoms with van der Waals surface area (Å²) in [7, 11) is 0. The Hall–Kier alpha value is -1.36. The van der Waals surface area contributed by atoms with Gasteiger partial charge in [-0.2, -0.15) is 0 Å². The Bertz CT molecular complexity index is 456. The van der Waals surface area contributed by atoms with E-state index >= 15 is 0 Å². The van der Waals surface area contributed by atoms with Gasteiger partial charge in [0, 0.05) is 18.0 Å². The lowest BCUT2D eigenvalue weighted by Gasteiger charge is -2.22. The van der Waals surface area contributed by atoms with E-state index in [0.717, 1.165) is 23.8 Å². The summed E-state index contributed by atoms with van der Waals surface area (Å²) in [5, 5.41) is 3.33. The number of nitrogens with two attached hydrogens (primary N) is 1. The van der Waals surface area contributed by atoms with Crippen molar-refractivity contribution in [3.05, 3.63) is 11.4 Å². The molecule has 118 valence electrons. The number of ether oxygens (including phenoxy) is 1. The molecule has 1 aliphatic carbocycles. The molecule has 0 aliphatic heterocycles. The highest BCUT2D eigenvalue weighted by Crippen LogP contribution is 2.22. The minimum Gasteiger partial charge on any atom is -0.383 e. The monoisotopic (exact) mass is 292 g/mol. The molecule has 1 heterocycles. The summed E-state index contributed by atoms with van der Waals surface area (Å²) in [4.78, 5) is 8.89. The van der Waals surface area contributed by atoms with Crippen LogP contribution in [0.3, 0.4) is 0 Å². The standard InChI is InChI=1S/C16H28N4O/c1-11(2)15-19-14(17)12(3)16(20-15)18-9-10-21-13-7-5-4-6-8-13/h11,13H,4-10H2,1-3H3,(H3,17,18,19,20).